The monoisotopic (exact) mass is 1160 g/mol. The Morgan fingerprint density at radius 2 is 0.405 bits per heavy atom. The zero-order valence-electron chi connectivity index (χ0n) is 46.4. The lowest BCUT2D eigenvalue weighted by Crippen LogP contribution is -2.32. The normalized spacial score (nSPS) is 21.0. The third kappa shape index (κ3) is 7.46. The maximum absolute atomic E-state index is 4.23. The fourth-order valence-electron chi connectivity index (χ4n) is 13.5. The van der Waals surface area contributed by atoms with Crippen molar-refractivity contribution in [3.05, 3.63) is 286 Å². The lowest BCUT2D eigenvalue weighted by molar-refractivity contribution is 0.588. The molecule has 84 heavy (non-hydrogen) atoms. The molecule has 17 rings (SSSR count). The number of fused-ring (bicyclic) bond motifs is 16. The van der Waals surface area contributed by atoms with Gasteiger partial charge < -0.3 is 41.2 Å². The van der Waals surface area contributed by atoms with Gasteiger partial charge in [-0.3, -0.25) is 0 Å². The van der Waals surface area contributed by atoms with Crippen LogP contribution >= 0.6 is 47.0 Å². The molecule has 408 valence electrons. The molecule has 8 nitrogen and oxygen atoms in total. The minimum atomic E-state index is -0.705. The number of nitrogens with one attached hydrogen (secondary N) is 8. The zero-order chi connectivity index (χ0) is 56.1. The van der Waals surface area contributed by atoms with Crippen molar-refractivity contribution in [3.8, 4) is 0 Å². The molecule has 0 amide bonds. The highest BCUT2D eigenvalue weighted by molar-refractivity contribution is 8.00. The van der Waals surface area contributed by atoms with E-state index in [1.807, 2.05) is 47.0 Å². The summed E-state index contributed by atoms with van der Waals surface area (Å²) >= 11 is 7.27. The van der Waals surface area contributed by atoms with Crippen LogP contribution in [0.4, 0.5) is 45.5 Å². The molecular formula is C72H56N8S4. The maximum Gasteiger partial charge on any atom is 0.0724 e. The standard InChI is InChI=1S/C72H56N8S4/c1-69(41-21-25-57-49(37-41)73-45-13-5-9-17-53(45)81-57)61-29-31-63(77-61)70(2,42-22-26-58-50(38-42)74-46-14-6-10-18-54(46)82-58)65-33-35-67(79-65)72(4,44-24-28-60-52(40-44)76-48-16-8-12-20-56(48)84-60)68-36-34-66(80-68)71(3,64-32-30-62(69)78-64)43-23-27-59-51(39-43)75-47-15-7-11-19-55(47)83-59/h5-40,73-80H,1-4H3. The number of aromatic amines is 4. The number of anilines is 8. The van der Waals surface area contributed by atoms with Crippen molar-refractivity contribution in [2.24, 2.45) is 0 Å². The van der Waals surface area contributed by atoms with E-state index in [0.29, 0.717) is 0 Å². The first-order chi connectivity index (χ1) is 41.0. The van der Waals surface area contributed by atoms with E-state index in [2.05, 4.69) is 287 Å². The molecule has 5 aliphatic rings. The summed E-state index contributed by atoms with van der Waals surface area (Å²) in [6.45, 7) is 9.52. The Balaban J connectivity index is 0.896. The topological polar surface area (TPSA) is 111 Å². The minimum absolute atomic E-state index is 0.705. The molecule has 0 saturated heterocycles. The zero-order valence-corrected chi connectivity index (χ0v) is 49.7. The molecule has 4 aromatic heterocycles. The van der Waals surface area contributed by atoms with Crippen LogP contribution < -0.4 is 21.3 Å². The number of para-hydroxylation sites is 4. The largest absolute Gasteiger partial charge is 0.360 e. The molecule has 0 atom stereocenters. The third-order valence-electron chi connectivity index (χ3n) is 18.8. The third-order valence-corrected chi connectivity index (χ3v) is 23.4. The molecule has 5 aliphatic heterocycles. The minimum Gasteiger partial charge on any atom is -0.360 e. The molecular weight excluding hydrogens is 1110 g/mol. The molecule has 12 aromatic rings. The number of H-pyrrole nitrogens is 4. The lowest BCUT2D eigenvalue weighted by Gasteiger charge is -2.35. The molecule has 0 saturated carbocycles. The molecule has 0 fully saturated rings. The van der Waals surface area contributed by atoms with Crippen LogP contribution in [0.5, 0.6) is 0 Å². The van der Waals surface area contributed by atoms with Gasteiger partial charge in [0.15, 0.2) is 0 Å². The molecule has 0 radical (unpaired) electrons. The Hall–Kier alpha value is -8.52. The van der Waals surface area contributed by atoms with Crippen LogP contribution in [-0.2, 0) is 21.7 Å². The highest BCUT2D eigenvalue weighted by atomic mass is 32.2. The molecule has 0 aliphatic carbocycles. The number of aromatic nitrogens is 4. The summed E-state index contributed by atoms with van der Waals surface area (Å²) in [5.41, 5.74) is 19.2. The Kier molecular flexibility index (Phi) is 11.0. The van der Waals surface area contributed by atoms with Crippen molar-refractivity contribution in [2.75, 3.05) is 21.3 Å². The predicted molar refractivity (Wildman–Crippen MR) is 347 cm³/mol. The second-order valence-electron chi connectivity index (χ2n) is 23.4. The van der Waals surface area contributed by atoms with Crippen molar-refractivity contribution in [1.29, 1.82) is 0 Å². The van der Waals surface area contributed by atoms with Gasteiger partial charge in [0.25, 0.3) is 0 Å². The van der Waals surface area contributed by atoms with Gasteiger partial charge in [-0.1, -0.05) is 120 Å². The van der Waals surface area contributed by atoms with Crippen molar-refractivity contribution in [1.82, 2.24) is 19.9 Å². The highest BCUT2D eigenvalue weighted by Gasteiger charge is 2.45. The number of hydrogen-bond acceptors (Lipinski definition) is 8. The van der Waals surface area contributed by atoms with Gasteiger partial charge in [0.2, 0.25) is 0 Å². The fraction of sp³-hybridized carbons (Fsp3) is 0.111. The van der Waals surface area contributed by atoms with Crippen LogP contribution in [0.25, 0.3) is 0 Å². The summed E-state index contributed by atoms with van der Waals surface area (Å²) in [6, 6.07) is 81.0. The van der Waals surface area contributed by atoms with Gasteiger partial charge in [-0.05, 0) is 196 Å². The lowest BCUT2D eigenvalue weighted by atomic mass is 9.75. The van der Waals surface area contributed by atoms with Crippen LogP contribution in [0.2, 0.25) is 0 Å². The van der Waals surface area contributed by atoms with E-state index in [1.165, 1.54) is 39.2 Å². The van der Waals surface area contributed by atoms with Gasteiger partial charge in [0.05, 0.1) is 67.2 Å². The average molecular weight is 1160 g/mol. The van der Waals surface area contributed by atoms with E-state index < -0.39 is 21.7 Å². The number of rotatable bonds is 4. The second-order valence-corrected chi connectivity index (χ2v) is 27.7. The van der Waals surface area contributed by atoms with Gasteiger partial charge in [-0.25, -0.2) is 0 Å². The van der Waals surface area contributed by atoms with E-state index >= 15 is 0 Å². The van der Waals surface area contributed by atoms with Crippen molar-refractivity contribution in [3.63, 3.8) is 0 Å². The summed E-state index contributed by atoms with van der Waals surface area (Å²) in [6.07, 6.45) is 0. The summed E-state index contributed by atoms with van der Waals surface area (Å²) in [4.78, 5) is 26.6. The van der Waals surface area contributed by atoms with Crippen LogP contribution in [0.3, 0.4) is 0 Å². The Bertz CT molecular complexity index is 4030. The highest BCUT2D eigenvalue weighted by Crippen LogP contribution is 2.54. The molecule has 8 bridgehead atoms. The Morgan fingerprint density at radius 3 is 0.619 bits per heavy atom. The fourth-order valence-corrected chi connectivity index (χ4v) is 17.4. The van der Waals surface area contributed by atoms with Crippen LogP contribution in [0.15, 0.2) is 258 Å². The van der Waals surface area contributed by atoms with Crippen molar-refractivity contribution >= 4 is 92.5 Å². The Morgan fingerprint density at radius 1 is 0.214 bits per heavy atom. The molecule has 9 heterocycles. The SMILES string of the molecule is CC1(c2ccc3c(c2)Nc2ccccc2S3)c2ccc([nH]2)C(C)(c2ccc3c(c2)Nc2ccccc2S3)c2ccc([nH]2)C(C)(c2ccc3c(c2)Nc2ccccc2S3)c2ccc([nH]2)C(C)(c2ccc3c(c2)Nc2ccccc2S3)c2ccc1[nH]2. The first-order valence-corrected chi connectivity index (χ1v) is 31.8. The van der Waals surface area contributed by atoms with E-state index in [1.54, 1.807) is 0 Å². The Labute approximate surface area is 504 Å². The van der Waals surface area contributed by atoms with Crippen molar-refractivity contribution < 1.29 is 0 Å². The predicted octanol–water partition coefficient (Wildman–Crippen LogP) is 19.6. The van der Waals surface area contributed by atoms with Gasteiger partial charge in [-0.2, -0.15) is 0 Å². The average Bonchev–Trinajstić information content (AvgIpc) is 3.73. The van der Waals surface area contributed by atoms with Crippen LogP contribution in [0, 0.1) is 0 Å². The quantitative estimate of drug-likeness (QED) is 0.0880. The smallest absolute Gasteiger partial charge is 0.0724 e. The summed E-state index contributed by atoms with van der Waals surface area (Å²) in [5, 5.41) is 15.3. The summed E-state index contributed by atoms with van der Waals surface area (Å²) in [7, 11) is 0. The van der Waals surface area contributed by atoms with Crippen LogP contribution in [0.1, 0.15) is 95.5 Å². The molecule has 8 N–H and O–H groups in total. The molecule has 8 aromatic carbocycles. The molecule has 0 spiro atoms. The van der Waals surface area contributed by atoms with E-state index in [9.17, 15) is 0 Å². The molecule has 12 heteroatoms. The number of benzene rings is 8. The van der Waals surface area contributed by atoms with E-state index in [0.717, 1.165) is 113 Å². The molecule has 0 unspecified atom stereocenters. The first kappa shape index (κ1) is 50.0. The van der Waals surface area contributed by atoms with Gasteiger partial charge in [-0.15, -0.1) is 0 Å². The second kappa shape index (κ2) is 18.5. The summed E-state index contributed by atoms with van der Waals surface area (Å²) < 4.78 is 0. The van der Waals surface area contributed by atoms with Crippen LogP contribution in [-0.4, -0.2) is 19.9 Å². The summed E-state index contributed by atoms with van der Waals surface area (Å²) in [5.74, 6) is 0. The van der Waals surface area contributed by atoms with E-state index in [-0.39, 0.29) is 0 Å². The first-order valence-electron chi connectivity index (χ1n) is 28.5. The van der Waals surface area contributed by atoms with E-state index in [4.69, 9.17) is 0 Å². The van der Waals surface area contributed by atoms with Gasteiger partial charge >= 0.3 is 0 Å². The number of hydrogen-bond donors (Lipinski definition) is 8. The van der Waals surface area contributed by atoms with Crippen molar-refractivity contribution in [2.45, 2.75) is 88.5 Å². The maximum atomic E-state index is 4.23. The van der Waals surface area contributed by atoms with Gasteiger partial charge in [0, 0.05) is 84.7 Å². The van der Waals surface area contributed by atoms with Gasteiger partial charge in [0.1, 0.15) is 0 Å².